The summed E-state index contributed by atoms with van der Waals surface area (Å²) in [5, 5.41) is 9.49. The van der Waals surface area contributed by atoms with Gasteiger partial charge in [-0.1, -0.05) is 12.8 Å². The summed E-state index contributed by atoms with van der Waals surface area (Å²) in [5.41, 5.74) is -0.444. The maximum atomic E-state index is 12.8. The van der Waals surface area contributed by atoms with E-state index < -0.39 is 27.3 Å². The van der Waals surface area contributed by atoms with E-state index in [0.29, 0.717) is 12.3 Å². The van der Waals surface area contributed by atoms with Crippen LogP contribution in [0.2, 0.25) is 0 Å². The Morgan fingerprint density at radius 3 is 2.43 bits per heavy atom. The fourth-order valence-electron chi connectivity index (χ4n) is 4.56. The van der Waals surface area contributed by atoms with Crippen molar-refractivity contribution in [2.24, 2.45) is 11.3 Å². The first kappa shape index (κ1) is 16.7. The van der Waals surface area contributed by atoms with Crippen molar-refractivity contribution in [3.63, 3.8) is 0 Å². The zero-order valence-electron chi connectivity index (χ0n) is 13.5. The van der Waals surface area contributed by atoms with Crippen LogP contribution in [0.4, 0.5) is 0 Å². The van der Waals surface area contributed by atoms with Crippen LogP contribution in [-0.2, 0) is 19.4 Å². The lowest BCUT2D eigenvalue weighted by Crippen LogP contribution is -2.47. The van der Waals surface area contributed by atoms with Gasteiger partial charge < -0.3 is 10.0 Å². The van der Waals surface area contributed by atoms with Gasteiger partial charge in [-0.2, -0.15) is 0 Å². The number of hydrogen-bond acceptors (Lipinski definition) is 4. The first-order chi connectivity index (χ1) is 10.7. The van der Waals surface area contributed by atoms with E-state index in [4.69, 9.17) is 0 Å². The lowest BCUT2D eigenvalue weighted by atomic mass is 9.84. The highest BCUT2D eigenvalue weighted by Gasteiger charge is 2.52. The summed E-state index contributed by atoms with van der Waals surface area (Å²) in [5.74, 6) is -0.765. The predicted molar refractivity (Wildman–Crippen MR) is 84.6 cm³/mol. The molecule has 7 heteroatoms. The third-order valence-corrected chi connectivity index (χ3v) is 6.85. The molecule has 3 rings (SSSR count). The van der Waals surface area contributed by atoms with Crippen molar-refractivity contribution in [2.75, 3.05) is 12.0 Å². The van der Waals surface area contributed by atoms with Gasteiger partial charge in [0.15, 0.2) is 0 Å². The highest BCUT2D eigenvalue weighted by molar-refractivity contribution is 7.90. The number of carboxylic acids is 1. The Labute approximate surface area is 137 Å². The average Bonchev–Trinajstić information content (AvgIpc) is 3.03. The molecule has 3 fully saturated rings. The first-order valence-corrected chi connectivity index (χ1v) is 10.5. The molecule has 1 heterocycles. The topological polar surface area (TPSA) is 91.8 Å². The molecular formula is C16H25NO5S. The van der Waals surface area contributed by atoms with E-state index in [1.54, 1.807) is 4.90 Å². The average molecular weight is 343 g/mol. The van der Waals surface area contributed by atoms with Gasteiger partial charge in [0.2, 0.25) is 5.91 Å². The minimum Gasteiger partial charge on any atom is -0.480 e. The minimum absolute atomic E-state index is 0.0331. The molecule has 1 saturated heterocycles. The van der Waals surface area contributed by atoms with Gasteiger partial charge in [-0.25, -0.2) is 13.2 Å². The summed E-state index contributed by atoms with van der Waals surface area (Å²) in [6.07, 6.45) is 7.41. The van der Waals surface area contributed by atoms with Crippen molar-refractivity contribution in [3.8, 4) is 0 Å². The minimum atomic E-state index is -3.13. The number of carboxylic acid groups (broad SMARTS) is 1. The molecule has 2 aliphatic carbocycles. The van der Waals surface area contributed by atoms with Crippen LogP contribution < -0.4 is 0 Å². The molecule has 6 nitrogen and oxygen atoms in total. The number of hydrogen-bond donors (Lipinski definition) is 1. The standard InChI is InChI=1S/C16H25NO5S/c1-23(21,22)10-16(6-7-16)9-14(18)17-12-5-3-2-4-11(12)8-13(17)15(19)20/h11-13H,2-10H2,1H3,(H,19,20). The van der Waals surface area contributed by atoms with E-state index >= 15 is 0 Å². The van der Waals surface area contributed by atoms with Gasteiger partial charge in [0.05, 0.1) is 5.75 Å². The number of aliphatic carboxylic acids is 1. The third kappa shape index (κ3) is 3.54. The fraction of sp³-hybridized carbons (Fsp3) is 0.875. The number of carbonyl (C=O) groups excluding carboxylic acids is 1. The van der Waals surface area contributed by atoms with Crippen molar-refractivity contribution in [3.05, 3.63) is 0 Å². The van der Waals surface area contributed by atoms with E-state index in [0.717, 1.165) is 38.5 Å². The van der Waals surface area contributed by atoms with Gasteiger partial charge >= 0.3 is 5.97 Å². The number of amides is 1. The number of sulfone groups is 1. The Balaban J connectivity index is 1.75. The molecule has 0 aromatic carbocycles. The summed E-state index contributed by atoms with van der Waals surface area (Å²) < 4.78 is 23.1. The molecule has 130 valence electrons. The summed E-state index contributed by atoms with van der Waals surface area (Å²) in [7, 11) is -3.13. The Bertz CT molecular complexity index is 610. The monoisotopic (exact) mass is 343 g/mol. The summed E-state index contributed by atoms with van der Waals surface area (Å²) >= 11 is 0. The van der Waals surface area contributed by atoms with E-state index in [9.17, 15) is 23.1 Å². The zero-order valence-corrected chi connectivity index (χ0v) is 14.3. The van der Waals surface area contributed by atoms with Crippen LogP contribution in [0.3, 0.4) is 0 Å². The van der Waals surface area contributed by atoms with Gasteiger partial charge in [-0.3, -0.25) is 4.79 Å². The number of likely N-dealkylation sites (tertiary alicyclic amines) is 1. The van der Waals surface area contributed by atoms with Gasteiger partial charge in [0, 0.05) is 18.7 Å². The first-order valence-electron chi connectivity index (χ1n) is 8.42. The highest BCUT2D eigenvalue weighted by atomic mass is 32.2. The van der Waals surface area contributed by atoms with Crippen molar-refractivity contribution in [1.82, 2.24) is 4.90 Å². The smallest absolute Gasteiger partial charge is 0.326 e. The van der Waals surface area contributed by atoms with Crippen LogP contribution in [-0.4, -0.2) is 54.4 Å². The van der Waals surface area contributed by atoms with Crippen molar-refractivity contribution >= 4 is 21.7 Å². The van der Waals surface area contributed by atoms with Crippen molar-refractivity contribution in [1.29, 1.82) is 0 Å². The van der Waals surface area contributed by atoms with E-state index in [1.165, 1.54) is 6.26 Å². The van der Waals surface area contributed by atoms with Crippen LogP contribution >= 0.6 is 0 Å². The molecule has 0 aromatic rings. The SMILES string of the molecule is CS(=O)(=O)CC1(CC(=O)N2C(C(=O)O)CC3CCCCC32)CC1. The molecule has 1 aliphatic heterocycles. The van der Waals surface area contributed by atoms with E-state index in [1.807, 2.05) is 0 Å². The lowest BCUT2D eigenvalue weighted by molar-refractivity contribution is -0.150. The second-order valence-corrected chi connectivity index (χ2v) is 9.89. The Kier molecular flexibility index (Phi) is 4.19. The van der Waals surface area contributed by atoms with Crippen LogP contribution in [0.15, 0.2) is 0 Å². The summed E-state index contributed by atoms with van der Waals surface area (Å²) in [6.45, 7) is 0. The molecule has 0 bridgehead atoms. The Morgan fingerprint density at radius 2 is 1.87 bits per heavy atom. The quantitative estimate of drug-likeness (QED) is 0.815. The van der Waals surface area contributed by atoms with E-state index in [2.05, 4.69) is 0 Å². The van der Waals surface area contributed by atoms with Gasteiger partial charge in [-0.15, -0.1) is 0 Å². The van der Waals surface area contributed by atoms with Crippen LogP contribution in [0, 0.1) is 11.3 Å². The van der Waals surface area contributed by atoms with Gasteiger partial charge in [-0.05, 0) is 43.4 Å². The molecule has 3 aliphatic rings. The predicted octanol–water partition coefficient (Wildman–Crippen LogP) is 1.45. The molecule has 0 spiro atoms. The molecule has 0 aromatic heterocycles. The molecule has 3 atom stereocenters. The van der Waals surface area contributed by atoms with E-state index in [-0.39, 0.29) is 24.1 Å². The molecule has 23 heavy (non-hydrogen) atoms. The van der Waals surface area contributed by atoms with Gasteiger partial charge in [0.25, 0.3) is 0 Å². The number of rotatable bonds is 5. The molecule has 0 radical (unpaired) electrons. The fourth-order valence-corrected chi connectivity index (χ4v) is 6.06. The van der Waals surface area contributed by atoms with Crippen molar-refractivity contribution in [2.45, 2.75) is 63.5 Å². The maximum Gasteiger partial charge on any atom is 0.326 e. The molecule has 1 amide bonds. The molecule has 1 N–H and O–H groups in total. The zero-order chi connectivity index (χ0) is 16.8. The molecular weight excluding hydrogens is 318 g/mol. The van der Waals surface area contributed by atoms with Crippen LogP contribution in [0.5, 0.6) is 0 Å². The second-order valence-electron chi connectivity index (χ2n) is 7.75. The number of nitrogens with zero attached hydrogens (tertiary/aromatic N) is 1. The highest BCUT2D eigenvalue weighted by Crippen LogP contribution is 2.51. The van der Waals surface area contributed by atoms with Gasteiger partial charge in [0.1, 0.15) is 15.9 Å². The summed E-state index contributed by atoms with van der Waals surface area (Å²) in [4.78, 5) is 26.0. The van der Waals surface area contributed by atoms with Crippen molar-refractivity contribution < 1.29 is 23.1 Å². The maximum absolute atomic E-state index is 12.8. The summed E-state index contributed by atoms with van der Waals surface area (Å²) in [6, 6.07) is -0.698. The molecule has 2 saturated carbocycles. The Morgan fingerprint density at radius 1 is 1.22 bits per heavy atom. The third-order valence-electron chi connectivity index (χ3n) is 5.71. The Hall–Kier alpha value is -1.11. The second kappa shape index (κ2) is 5.76. The molecule has 3 unspecified atom stereocenters. The van der Waals surface area contributed by atoms with Crippen LogP contribution in [0.1, 0.15) is 51.4 Å². The number of fused-ring (bicyclic) bond motifs is 1. The number of carbonyl (C=O) groups is 2. The van der Waals surface area contributed by atoms with Crippen LogP contribution in [0.25, 0.3) is 0 Å². The normalized spacial score (nSPS) is 32.4. The largest absolute Gasteiger partial charge is 0.480 e. The lowest BCUT2D eigenvalue weighted by Gasteiger charge is -2.34.